The van der Waals surface area contributed by atoms with E-state index in [-0.39, 0.29) is 38.6 Å². The predicted molar refractivity (Wildman–Crippen MR) is 110 cm³/mol. The number of nitrogens with zero attached hydrogens (tertiary/aromatic N) is 1. The van der Waals surface area contributed by atoms with Crippen molar-refractivity contribution in [2.45, 2.75) is 40.5 Å². The minimum absolute atomic E-state index is 0. The average Bonchev–Trinajstić information content (AvgIpc) is 3.08. The van der Waals surface area contributed by atoms with Crippen LogP contribution in [-0.2, 0) is 37.5 Å². The van der Waals surface area contributed by atoms with Crippen molar-refractivity contribution in [2.75, 3.05) is 31.5 Å². The molecule has 0 aromatic heterocycles. The van der Waals surface area contributed by atoms with Gasteiger partial charge in [0.2, 0.25) is 0 Å². The van der Waals surface area contributed by atoms with Crippen molar-refractivity contribution in [1.29, 1.82) is 0 Å². The van der Waals surface area contributed by atoms with Crippen LogP contribution in [0.15, 0.2) is 48.5 Å². The maximum Gasteiger partial charge on any atom is 0.279 e. The number of likely N-dealkylation sites (tertiary alicyclic amines) is 1. The zero-order valence-electron chi connectivity index (χ0n) is 17.3. The molecule has 1 aliphatic heterocycles. The number of rotatable bonds is 4. The van der Waals surface area contributed by atoms with Crippen LogP contribution in [-0.4, -0.2) is 36.6 Å². The molecule has 27 heavy (non-hydrogen) atoms. The summed E-state index contributed by atoms with van der Waals surface area (Å²) in [4.78, 5) is 12.3. The molecule has 4 heteroatoms. The SMILES string of the molecule is CC[N+]1(CC(=O)Nc2c(C)cccc2C)CCCC1.Cc1ccccc1.[Y]. The van der Waals surface area contributed by atoms with Crippen molar-refractivity contribution in [3.63, 3.8) is 0 Å². The van der Waals surface area contributed by atoms with Gasteiger partial charge in [0, 0.05) is 51.2 Å². The maximum absolute atomic E-state index is 12.3. The molecular weight excluding hydrogens is 409 g/mol. The summed E-state index contributed by atoms with van der Waals surface area (Å²) in [5.41, 5.74) is 4.58. The van der Waals surface area contributed by atoms with E-state index < -0.39 is 0 Å². The van der Waals surface area contributed by atoms with Gasteiger partial charge in [-0.1, -0.05) is 54.1 Å². The Labute approximate surface area is 190 Å². The van der Waals surface area contributed by atoms with Crippen LogP contribution in [0.1, 0.15) is 36.5 Å². The summed E-state index contributed by atoms with van der Waals surface area (Å²) >= 11 is 0. The van der Waals surface area contributed by atoms with Crippen LogP contribution in [0.3, 0.4) is 0 Å². The molecule has 1 aliphatic rings. The molecule has 0 atom stereocenters. The Morgan fingerprint density at radius 2 is 1.48 bits per heavy atom. The molecule has 0 saturated carbocycles. The number of likely N-dealkylation sites (N-methyl/N-ethyl adjacent to an activating group) is 1. The van der Waals surface area contributed by atoms with Crippen LogP contribution < -0.4 is 5.32 Å². The normalized spacial score (nSPS) is 14.5. The van der Waals surface area contributed by atoms with E-state index in [9.17, 15) is 4.79 Å². The van der Waals surface area contributed by atoms with Gasteiger partial charge >= 0.3 is 0 Å². The van der Waals surface area contributed by atoms with Gasteiger partial charge in [-0.25, -0.2) is 0 Å². The second-order valence-electron chi connectivity index (χ2n) is 7.44. The molecule has 3 rings (SSSR count). The summed E-state index contributed by atoms with van der Waals surface area (Å²) < 4.78 is 0.955. The smallest absolute Gasteiger partial charge is 0.279 e. The molecule has 1 heterocycles. The van der Waals surface area contributed by atoms with Gasteiger partial charge < -0.3 is 9.80 Å². The average molecular weight is 442 g/mol. The van der Waals surface area contributed by atoms with Crippen molar-refractivity contribution in [1.82, 2.24) is 0 Å². The summed E-state index contributed by atoms with van der Waals surface area (Å²) in [6.07, 6.45) is 2.51. The summed E-state index contributed by atoms with van der Waals surface area (Å²) in [6, 6.07) is 16.4. The number of nitrogens with one attached hydrogen (secondary N) is 1. The second kappa shape index (κ2) is 11.7. The van der Waals surface area contributed by atoms with Gasteiger partial charge in [0.15, 0.2) is 6.54 Å². The molecule has 1 saturated heterocycles. The third kappa shape index (κ3) is 7.48. The van der Waals surface area contributed by atoms with E-state index >= 15 is 0 Å². The largest absolute Gasteiger partial charge is 0.321 e. The first-order chi connectivity index (χ1) is 12.5. The van der Waals surface area contributed by atoms with E-state index in [1.54, 1.807) is 0 Å². The van der Waals surface area contributed by atoms with Gasteiger partial charge in [0.05, 0.1) is 19.6 Å². The van der Waals surface area contributed by atoms with Gasteiger partial charge in [-0.05, 0) is 38.8 Å². The third-order valence-electron chi connectivity index (χ3n) is 5.35. The number of para-hydroxylation sites is 1. The van der Waals surface area contributed by atoms with E-state index in [1.807, 2.05) is 50.2 Å². The second-order valence-corrected chi connectivity index (χ2v) is 7.44. The van der Waals surface area contributed by atoms with E-state index in [0.717, 1.165) is 40.9 Å². The van der Waals surface area contributed by atoms with Crippen LogP contribution in [0.4, 0.5) is 5.69 Å². The van der Waals surface area contributed by atoms with Gasteiger partial charge in [0.1, 0.15) is 0 Å². The number of carbonyl (C=O) groups is 1. The fourth-order valence-electron chi connectivity index (χ4n) is 3.62. The zero-order chi connectivity index (χ0) is 19.0. The number of hydrogen-bond donors (Lipinski definition) is 1. The van der Waals surface area contributed by atoms with Gasteiger partial charge in [-0.2, -0.15) is 0 Å². The molecule has 0 unspecified atom stereocenters. The zero-order valence-corrected chi connectivity index (χ0v) is 20.1. The molecule has 0 spiro atoms. The van der Waals surface area contributed by atoms with Crippen molar-refractivity contribution in [3.8, 4) is 0 Å². The number of hydrogen-bond acceptors (Lipinski definition) is 1. The van der Waals surface area contributed by atoms with Gasteiger partial charge in [0.25, 0.3) is 5.91 Å². The number of benzene rings is 2. The maximum atomic E-state index is 12.3. The van der Waals surface area contributed by atoms with Crippen LogP contribution in [0.2, 0.25) is 0 Å². The minimum Gasteiger partial charge on any atom is -0.321 e. The van der Waals surface area contributed by atoms with E-state index in [2.05, 4.69) is 31.3 Å². The Kier molecular flexibility index (Phi) is 10.4. The first-order valence-corrected chi connectivity index (χ1v) is 9.68. The van der Waals surface area contributed by atoms with Crippen molar-refractivity contribution < 1.29 is 42.0 Å². The summed E-state index contributed by atoms with van der Waals surface area (Å²) in [6.45, 7) is 12.3. The molecule has 3 nitrogen and oxygen atoms in total. The summed E-state index contributed by atoms with van der Waals surface area (Å²) in [5.74, 6) is 0.154. The number of carbonyl (C=O) groups excluding carboxylic acids is 1. The Bertz CT molecular complexity index is 689. The van der Waals surface area contributed by atoms with Crippen LogP contribution >= 0.6 is 0 Å². The first kappa shape index (κ1) is 24.0. The van der Waals surface area contributed by atoms with E-state index in [0.29, 0.717) is 6.54 Å². The quantitative estimate of drug-likeness (QED) is 0.673. The Morgan fingerprint density at radius 3 is 1.93 bits per heavy atom. The van der Waals surface area contributed by atoms with Gasteiger partial charge in [-0.15, -0.1) is 0 Å². The van der Waals surface area contributed by atoms with Crippen molar-refractivity contribution in [3.05, 3.63) is 65.2 Å². The molecule has 1 radical (unpaired) electrons. The standard InChI is InChI=1S/C16H24N2O.C7H8.Y/c1-4-18(10-5-6-11-18)12-15(19)17-16-13(2)8-7-9-14(16)3;1-7-5-3-2-4-6-7;/h7-9H,4-6,10-12H2,1-3H3;2-6H,1H3;/p+1. The third-order valence-corrected chi connectivity index (χ3v) is 5.35. The summed E-state index contributed by atoms with van der Waals surface area (Å²) in [5, 5.41) is 3.11. The fourth-order valence-corrected chi connectivity index (χ4v) is 3.62. The van der Waals surface area contributed by atoms with E-state index in [1.165, 1.54) is 18.4 Å². The molecule has 1 N–H and O–H groups in total. The summed E-state index contributed by atoms with van der Waals surface area (Å²) in [7, 11) is 0. The minimum atomic E-state index is 0. The van der Waals surface area contributed by atoms with Crippen LogP contribution in [0.5, 0.6) is 0 Å². The topological polar surface area (TPSA) is 29.1 Å². The Morgan fingerprint density at radius 1 is 0.926 bits per heavy atom. The number of amides is 1. The first-order valence-electron chi connectivity index (χ1n) is 9.68. The number of quaternary nitrogens is 1. The molecule has 143 valence electrons. The number of anilines is 1. The molecular formula is C23H33N2OY+. The fraction of sp³-hybridized carbons (Fsp3) is 0.435. The molecule has 1 fully saturated rings. The molecule has 0 aliphatic carbocycles. The molecule has 2 aromatic rings. The van der Waals surface area contributed by atoms with Crippen molar-refractivity contribution in [2.24, 2.45) is 0 Å². The molecule has 1 amide bonds. The molecule has 2 aromatic carbocycles. The Hall–Kier alpha value is -1.03. The van der Waals surface area contributed by atoms with Crippen LogP contribution in [0, 0.1) is 20.8 Å². The van der Waals surface area contributed by atoms with Crippen LogP contribution in [0.25, 0.3) is 0 Å². The predicted octanol–water partition coefficient (Wildman–Crippen LogP) is 4.86. The number of aryl methyl sites for hydroxylation is 3. The Balaban J connectivity index is 0.000000385. The van der Waals surface area contributed by atoms with Crippen molar-refractivity contribution >= 4 is 11.6 Å². The molecule has 0 bridgehead atoms. The van der Waals surface area contributed by atoms with E-state index in [4.69, 9.17) is 0 Å². The van der Waals surface area contributed by atoms with Gasteiger partial charge in [-0.3, -0.25) is 4.79 Å². The monoisotopic (exact) mass is 442 g/mol.